The van der Waals surface area contributed by atoms with Crippen molar-refractivity contribution in [1.29, 1.82) is 0 Å². The Morgan fingerprint density at radius 3 is 1.67 bits per heavy atom. The van der Waals surface area contributed by atoms with E-state index in [1.807, 2.05) is 0 Å². The van der Waals surface area contributed by atoms with E-state index in [0.717, 1.165) is 0 Å². The van der Waals surface area contributed by atoms with Crippen molar-refractivity contribution in [3.8, 4) is 0 Å². The van der Waals surface area contributed by atoms with Crippen LogP contribution in [0, 0.1) is 6.42 Å². The van der Waals surface area contributed by atoms with E-state index in [-0.39, 0.29) is 0 Å². The van der Waals surface area contributed by atoms with E-state index in [0.29, 0.717) is 11.8 Å². The average molecular weight is 406 g/mol. The lowest BCUT2D eigenvalue weighted by molar-refractivity contribution is 0.515. The summed E-state index contributed by atoms with van der Waals surface area (Å²) in [6, 6.07) is 22.1. The van der Waals surface area contributed by atoms with Gasteiger partial charge in [-0.15, -0.1) is 0 Å². The summed E-state index contributed by atoms with van der Waals surface area (Å²) in [6.07, 6.45) is 20.4. The largest absolute Gasteiger partial charge is 0.0654 e. The van der Waals surface area contributed by atoms with Gasteiger partial charge in [-0.3, -0.25) is 0 Å². The van der Waals surface area contributed by atoms with Crippen molar-refractivity contribution < 1.29 is 0 Å². The maximum absolute atomic E-state index is 2.55. The van der Waals surface area contributed by atoms with E-state index in [1.165, 1.54) is 94.6 Å². The highest BCUT2D eigenvalue weighted by Gasteiger charge is 2.13. The van der Waals surface area contributed by atoms with E-state index in [2.05, 4.69) is 80.9 Å². The molecule has 0 saturated heterocycles. The number of benzene rings is 2. The van der Waals surface area contributed by atoms with Gasteiger partial charge in [0.25, 0.3) is 0 Å². The molecule has 30 heavy (non-hydrogen) atoms. The van der Waals surface area contributed by atoms with Crippen molar-refractivity contribution in [2.75, 3.05) is 0 Å². The first kappa shape index (κ1) is 24.7. The smallest absolute Gasteiger partial charge is 0.0159 e. The third-order valence-corrected chi connectivity index (χ3v) is 6.52. The molecule has 0 bridgehead atoms. The van der Waals surface area contributed by atoms with Crippen LogP contribution in [-0.2, 0) is 0 Å². The van der Waals surface area contributed by atoms with Crippen molar-refractivity contribution in [2.24, 2.45) is 0 Å². The molecule has 0 aliphatic rings. The molecule has 2 unspecified atom stereocenters. The lowest BCUT2D eigenvalue weighted by Crippen LogP contribution is -2.02. The van der Waals surface area contributed by atoms with Gasteiger partial charge in [-0.1, -0.05) is 139 Å². The van der Waals surface area contributed by atoms with Crippen LogP contribution in [0.3, 0.4) is 0 Å². The Balaban J connectivity index is 1.66. The zero-order valence-electron chi connectivity index (χ0n) is 19.7. The molecule has 0 N–H and O–H groups in total. The van der Waals surface area contributed by atoms with Gasteiger partial charge in [-0.05, 0) is 48.6 Å². The average Bonchev–Trinajstić information content (AvgIpc) is 2.80. The first-order valence-corrected chi connectivity index (χ1v) is 12.7. The molecule has 0 spiro atoms. The zero-order chi connectivity index (χ0) is 21.3. The van der Waals surface area contributed by atoms with Gasteiger partial charge >= 0.3 is 0 Å². The molecular formula is C30H45. The van der Waals surface area contributed by atoms with E-state index in [4.69, 9.17) is 0 Å². The number of rotatable bonds is 17. The highest BCUT2D eigenvalue weighted by Crippen LogP contribution is 2.30. The topological polar surface area (TPSA) is 0 Å². The number of hydrogen-bond acceptors (Lipinski definition) is 0. The van der Waals surface area contributed by atoms with Crippen LogP contribution in [0.4, 0.5) is 0 Å². The molecule has 2 aromatic rings. The monoisotopic (exact) mass is 405 g/mol. The molecule has 2 aromatic carbocycles. The van der Waals surface area contributed by atoms with Gasteiger partial charge in [0.2, 0.25) is 0 Å². The van der Waals surface area contributed by atoms with Crippen molar-refractivity contribution in [3.05, 3.63) is 78.2 Å². The van der Waals surface area contributed by atoms with Crippen LogP contribution in [0.5, 0.6) is 0 Å². The van der Waals surface area contributed by atoms with Gasteiger partial charge in [0.05, 0.1) is 0 Å². The maximum atomic E-state index is 2.55. The molecule has 1 radical (unpaired) electrons. The first-order chi connectivity index (χ1) is 14.8. The van der Waals surface area contributed by atoms with Gasteiger partial charge in [0.15, 0.2) is 0 Å². The second-order valence-electron chi connectivity index (χ2n) is 9.15. The highest BCUT2D eigenvalue weighted by atomic mass is 14.2. The fourth-order valence-corrected chi connectivity index (χ4v) is 4.49. The zero-order valence-corrected chi connectivity index (χ0v) is 19.7. The minimum absolute atomic E-state index is 0.611. The summed E-state index contributed by atoms with van der Waals surface area (Å²) >= 11 is 0. The second-order valence-corrected chi connectivity index (χ2v) is 9.15. The Hall–Kier alpha value is -1.56. The summed E-state index contributed by atoms with van der Waals surface area (Å²) in [7, 11) is 0. The van der Waals surface area contributed by atoms with Gasteiger partial charge < -0.3 is 0 Å². The van der Waals surface area contributed by atoms with E-state index in [9.17, 15) is 0 Å². The summed E-state index contributed by atoms with van der Waals surface area (Å²) in [6.45, 7) is 4.65. The highest BCUT2D eigenvalue weighted by molar-refractivity contribution is 5.21. The van der Waals surface area contributed by atoms with Crippen molar-refractivity contribution in [3.63, 3.8) is 0 Å². The summed E-state index contributed by atoms with van der Waals surface area (Å²) in [4.78, 5) is 0. The molecule has 2 atom stereocenters. The molecule has 0 nitrogen and oxygen atoms in total. The minimum atomic E-state index is 0.611. The lowest BCUT2D eigenvalue weighted by Gasteiger charge is -2.19. The molecule has 0 aromatic heterocycles. The van der Waals surface area contributed by atoms with Crippen LogP contribution < -0.4 is 0 Å². The second kappa shape index (κ2) is 16.2. The van der Waals surface area contributed by atoms with Crippen LogP contribution in [0.1, 0.15) is 120 Å². The van der Waals surface area contributed by atoms with Crippen molar-refractivity contribution in [2.45, 2.75) is 109 Å². The Morgan fingerprint density at radius 2 is 1.10 bits per heavy atom. The number of unbranched alkanes of at least 4 members (excludes halogenated alkanes) is 9. The SMILES string of the molecule is CCCCCCCCCCCCC(C[CH]CC(C)c1ccccc1)c1ccccc1. The fraction of sp³-hybridized carbons (Fsp3) is 0.567. The molecule has 0 heterocycles. The first-order valence-electron chi connectivity index (χ1n) is 12.7. The molecule has 0 fully saturated rings. The number of hydrogen-bond donors (Lipinski definition) is 0. The minimum Gasteiger partial charge on any atom is -0.0654 e. The quantitative estimate of drug-likeness (QED) is 0.230. The molecule has 2 rings (SSSR count). The molecule has 0 aliphatic carbocycles. The normalized spacial score (nSPS) is 13.3. The molecule has 0 heteroatoms. The van der Waals surface area contributed by atoms with Gasteiger partial charge in [0, 0.05) is 0 Å². The van der Waals surface area contributed by atoms with Crippen LogP contribution in [0.15, 0.2) is 60.7 Å². The van der Waals surface area contributed by atoms with Gasteiger partial charge in [-0.2, -0.15) is 0 Å². The van der Waals surface area contributed by atoms with Crippen LogP contribution in [0.25, 0.3) is 0 Å². The van der Waals surface area contributed by atoms with Crippen LogP contribution >= 0.6 is 0 Å². The third kappa shape index (κ3) is 10.5. The summed E-state index contributed by atoms with van der Waals surface area (Å²) < 4.78 is 0. The third-order valence-electron chi connectivity index (χ3n) is 6.52. The summed E-state index contributed by atoms with van der Waals surface area (Å²) in [5, 5.41) is 0. The molecule has 0 saturated carbocycles. The molecule has 165 valence electrons. The van der Waals surface area contributed by atoms with Crippen molar-refractivity contribution in [1.82, 2.24) is 0 Å². The maximum Gasteiger partial charge on any atom is -0.0159 e. The predicted octanol–water partition coefficient (Wildman–Crippen LogP) is 9.87. The Bertz CT molecular complexity index is 615. The van der Waals surface area contributed by atoms with Gasteiger partial charge in [0.1, 0.15) is 0 Å². The van der Waals surface area contributed by atoms with E-state index in [1.54, 1.807) is 0 Å². The van der Waals surface area contributed by atoms with Crippen LogP contribution in [0.2, 0.25) is 0 Å². The Morgan fingerprint density at radius 1 is 0.600 bits per heavy atom. The Labute approximate surface area is 187 Å². The van der Waals surface area contributed by atoms with E-state index >= 15 is 0 Å². The molecular weight excluding hydrogens is 360 g/mol. The fourth-order valence-electron chi connectivity index (χ4n) is 4.49. The summed E-state index contributed by atoms with van der Waals surface area (Å²) in [5.74, 6) is 1.29. The lowest BCUT2D eigenvalue weighted by atomic mass is 9.86. The predicted molar refractivity (Wildman–Crippen MR) is 134 cm³/mol. The molecule has 0 amide bonds. The Kier molecular flexibility index (Phi) is 13.3. The van der Waals surface area contributed by atoms with Gasteiger partial charge in [-0.25, -0.2) is 0 Å². The van der Waals surface area contributed by atoms with Crippen molar-refractivity contribution >= 4 is 0 Å². The standard InChI is InChI=1S/C30H45/c1-3-4-5-6-7-8-9-10-11-14-23-30(29-24-17-13-18-25-29)26-19-20-27(2)28-21-15-12-16-22-28/h12-13,15-19,21-22,24-25,27,30H,3-11,14,20,23,26H2,1-2H3. The van der Waals surface area contributed by atoms with Crippen LogP contribution in [-0.4, -0.2) is 0 Å². The van der Waals surface area contributed by atoms with E-state index < -0.39 is 0 Å². The molecule has 0 aliphatic heterocycles. The summed E-state index contributed by atoms with van der Waals surface area (Å²) in [5.41, 5.74) is 2.98.